The highest BCUT2D eigenvalue weighted by molar-refractivity contribution is 5.78. The van der Waals surface area contributed by atoms with Gasteiger partial charge in [-0.3, -0.25) is 9.97 Å². The molecule has 0 amide bonds. The van der Waals surface area contributed by atoms with Gasteiger partial charge in [-0.15, -0.1) is 0 Å². The third kappa shape index (κ3) is 2.11. The Labute approximate surface area is 102 Å². The molecule has 0 aliphatic carbocycles. The molecule has 0 fully saturated rings. The second-order valence-corrected chi connectivity index (χ2v) is 3.97. The van der Waals surface area contributed by atoms with Crippen LogP contribution in [0.2, 0.25) is 0 Å². The third-order valence-corrected chi connectivity index (χ3v) is 2.91. The van der Waals surface area contributed by atoms with Crippen LogP contribution < -0.4 is 0 Å². The summed E-state index contributed by atoms with van der Waals surface area (Å²) in [6.07, 6.45) is 8.35. The van der Waals surface area contributed by atoms with Crippen molar-refractivity contribution in [1.82, 2.24) is 9.97 Å². The Morgan fingerprint density at radius 2 is 2.12 bits per heavy atom. The Morgan fingerprint density at radius 1 is 1.29 bits per heavy atom. The number of hydrogen-bond donors (Lipinski definition) is 0. The first-order valence-corrected chi connectivity index (χ1v) is 5.79. The van der Waals surface area contributed by atoms with Crippen molar-refractivity contribution in [2.45, 2.75) is 20.3 Å². The summed E-state index contributed by atoms with van der Waals surface area (Å²) < 4.78 is 0. The van der Waals surface area contributed by atoms with Crippen LogP contribution in [-0.4, -0.2) is 9.97 Å². The lowest BCUT2D eigenvalue weighted by atomic mass is 9.95. The summed E-state index contributed by atoms with van der Waals surface area (Å²) >= 11 is 0. The zero-order valence-electron chi connectivity index (χ0n) is 10.3. The molecule has 86 valence electrons. The van der Waals surface area contributed by atoms with Gasteiger partial charge < -0.3 is 0 Å². The van der Waals surface area contributed by atoms with E-state index in [1.54, 1.807) is 0 Å². The van der Waals surface area contributed by atoms with Gasteiger partial charge >= 0.3 is 0 Å². The molecule has 2 rings (SSSR count). The zero-order valence-corrected chi connectivity index (χ0v) is 10.3. The van der Waals surface area contributed by atoms with Crippen LogP contribution in [-0.2, 0) is 6.42 Å². The highest BCUT2D eigenvalue weighted by Gasteiger charge is 2.10. The lowest BCUT2D eigenvalue weighted by Gasteiger charge is -2.12. The first-order chi connectivity index (χ1) is 8.27. The van der Waals surface area contributed by atoms with Crippen molar-refractivity contribution in [3.63, 3.8) is 0 Å². The van der Waals surface area contributed by atoms with Crippen LogP contribution >= 0.6 is 0 Å². The first kappa shape index (κ1) is 11.5. The average molecular weight is 224 g/mol. The molecule has 0 aliphatic heterocycles. The number of rotatable bonds is 3. The highest BCUT2D eigenvalue weighted by atomic mass is 14.7. The van der Waals surface area contributed by atoms with Crippen molar-refractivity contribution in [1.29, 1.82) is 0 Å². The van der Waals surface area contributed by atoms with E-state index in [2.05, 4.69) is 30.4 Å². The molecule has 2 heteroatoms. The normalized spacial score (nSPS) is 10.2. The van der Waals surface area contributed by atoms with Crippen LogP contribution in [0.1, 0.15) is 23.7 Å². The predicted molar refractivity (Wildman–Crippen MR) is 71.7 cm³/mol. The molecule has 2 heterocycles. The fourth-order valence-corrected chi connectivity index (χ4v) is 2.03. The summed E-state index contributed by atoms with van der Waals surface area (Å²) in [6, 6.07) is 4.04. The van der Waals surface area contributed by atoms with E-state index in [9.17, 15) is 0 Å². The van der Waals surface area contributed by atoms with Crippen LogP contribution in [0.15, 0.2) is 37.3 Å². The summed E-state index contributed by atoms with van der Waals surface area (Å²) in [7, 11) is 0. The lowest BCUT2D eigenvalue weighted by Crippen LogP contribution is -1.97. The summed E-state index contributed by atoms with van der Waals surface area (Å²) in [5.41, 5.74) is 5.78. The monoisotopic (exact) mass is 224 g/mol. The Morgan fingerprint density at radius 3 is 2.76 bits per heavy atom. The number of hydrogen-bond acceptors (Lipinski definition) is 2. The molecular formula is C15H16N2. The third-order valence-electron chi connectivity index (χ3n) is 2.91. The molecule has 0 radical (unpaired) electrons. The van der Waals surface area contributed by atoms with Crippen molar-refractivity contribution >= 4 is 6.08 Å². The molecular weight excluding hydrogens is 208 g/mol. The topological polar surface area (TPSA) is 25.8 Å². The minimum atomic E-state index is 0.915. The van der Waals surface area contributed by atoms with E-state index in [-0.39, 0.29) is 0 Å². The predicted octanol–water partition coefficient (Wildman–Crippen LogP) is 3.66. The molecule has 2 aromatic rings. The van der Waals surface area contributed by atoms with Gasteiger partial charge in [0.2, 0.25) is 0 Å². The quantitative estimate of drug-likeness (QED) is 0.795. The molecule has 2 nitrogen and oxygen atoms in total. The summed E-state index contributed by atoms with van der Waals surface area (Å²) in [5.74, 6) is 0. The fraction of sp³-hybridized carbons (Fsp3) is 0.200. The average Bonchev–Trinajstić information content (AvgIpc) is 2.38. The summed E-state index contributed by atoms with van der Waals surface area (Å²) in [5, 5.41) is 0. The number of aromatic nitrogens is 2. The Kier molecular flexibility index (Phi) is 3.33. The van der Waals surface area contributed by atoms with Gasteiger partial charge in [0.05, 0.1) is 0 Å². The molecule has 0 saturated heterocycles. The van der Waals surface area contributed by atoms with Crippen LogP contribution in [0.25, 0.3) is 17.2 Å². The highest BCUT2D eigenvalue weighted by Crippen LogP contribution is 2.29. The van der Waals surface area contributed by atoms with Gasteiger partial charge in [-0.25, -0.2) is 0 Å². The summed E-state index contributed by atoms with van der Waals surface area (Å²) in [6.45, 7) is 8.07. The van der Waals surface area contributed by atoms with Crippen molar-refractivity contribution in [3.8, 4) is 11.1 Å². The van der Waals surface area contributed by atoms with Gasteiger partial charge in [-0.1, -0.05) is 19.6 Å². The largest absolute Gasteiger partial charge is 0.264 e. The molecule has 0 aromatic carbocycles. The van der Waals surface area contributed by atoms with E-state index >= 15 is 0 Å². The molecule has 0 atom stereocenters. The van der Waals surface area contributed by atoms with Gasteiger partial charge in [0.25, 0.3) is 0 Å². The lowest BCUT2D eigenvalue weighted by molar-refractivity contribution is 1.04. The maximum absolute atomic E-state index is 4.46. The van der Waals surface area contributed by atoms with Crippen LogP contribution in [0, 0.1) is 6.92 Å². The van der Waals surface area contributed by atoms with Gasteiger partial charge in [0, 0.05) is 29.8 Å². The van der Waals surface area contributed by atoms with Crippen molar-refractivity contribution in [3.05, 3.63) is 54.1 Å². The fourth-order valence-electron chi connectivity index (χ4n) is 2.03. The number of nitrogens with zero attached hydrogens (tertiary/aromatic N) is 2. The molecule has 0 spiro atoms. The van der Waals surface area contributed by atoms with E-state index in [0.29, 0.717) is 0 Å². The maximum Gasteiger partial charge on any atom is 0.0485 e. The van der Waals surface area contributed by atoms with Crippen molar-refractivity contribution < 1.29 is 0 Å². The minimum absolute atomic E-state index is 0.915. The first-order valence-electron chi connectivity index (χ1n) is 5.79. The molecule has 17 heavy (non-hydrogen) atoms. The van der Waals surface area contributed by atoms with Gasteiger partial charge in [0.1, 0.15) is 0 Å². The maximum atomic E-state index is 4.46. The second kappa shape index (κ2) is 4.91. The Hall–Kier alpha value is -1.96. The van der Waals surface area contributed by atoms with Crippen LogP contribution in [0.5, 0.6) is 0 Å². The Balaban J connectivity index is 2.73. The van der Waals surface area contributed by atoms with Gasteiger partial charge in [0.15, 0.2) is 0 Å². The van der Waals surface area contributed by atoms with Crippen molar-refractivity contribution in [2.24, 2.45) is 0 Å². The number of aryl methyl sites for hydroxylation is 2. The summed E-state index contributed by atoms with van der Waals surface area (Å²) in [4.78, 5) is 8.59. The molecule has 0 bridgehead atoms. The zero-order chi connectivity index (χ0) is 12.3. The van der Waals surface area contributed by atoms with E-state index in [0.717, 1.165) is 17.7 Å². The van der Waals surface area contributed by atoms with Crippen LogP contribution in [0.3, 0.4) is 0 Å². The van der Waals surface area contributed by atoms with E-state index in [4.69, 9.17) is 0 Å². The molecule has 0 aliphatic rings. The van der Waals surface area contributed by atoms with Gasteiger partial charge in [-0.2, -0.15) is 0 Å². The van der Waals surface area contributed by atoms with Gasteiger partial charge in [-0.05, 0) is 42.2 Å². The smallest absolute Gasteiger partial charge is 0.0485 e. The van der Waals surface area contributed by atoms with E-state index in [1.807, 2.05) is 36.8 Å². The van der Waals surface area contributed by atoms with Crippen molar-refractivity contribution in [2.75, 3.05) is 0 Å². The second-order valence-electron chi connectivity index (χ2n) is 3.97. The van der Waals surface area contributed by atoms with Crippen LogP contribution in [0.4, 0.5) is 0 Å². The Bertz CT molecular complexity index is 544. The van der Waals surface area contributed by atoms with E-state index < -0.39 is 0 Å². The SMILES string of the molecule is C=Cc1ccnc(CC)c1-c1ccncc1C. The minimum Gasteiger partial charge on any atom is -0.264 e. The molecule has 0 unspecified atom stereocenters. The molecule has 0 N–H and O–H groups in total. The molecule has 0 saturated carbocycles. The molecule has 2 aromatic heterocycles. The standard InChI is InChI=1S/C15H16N2/c1-4-12-6-9-17-14(5-2)15(12)13-7-8-16-10-11(13)3/h4,6-10H,1,5H2,2-3H3. The number of pyridine rings is 2. The van der Waals surface area contributed by atoms with E-state index in [1.165, 1.54) is 16.7 Å².